The van der Waals surface area contributed by atoms with Gasteiger partial charge in [0.15, 0.2) is 0 Å². The van der Waals surface area contributed by atoms with Crippen molar-refractivity contribution >= 4 is 23.6 Å². The molecule has 34 heavy (non-hydrogen) atoms. The van der Waals surface area contributed by atoms with Crippen LogP contribution < -0.4 is 0 Å². The first-order valence-electron chi connectivity index (χ1n) is 11.6. The number of rotatable bonds is 4. The van der Waals surface area contributed by atoms with Gasteiger partial charge in [-0.2, -0.15) is 0 Å². The zero-order valence-corrected chi connectivity index (χ0v) is 19.9. The van der Waals surface area contributed by atoms with Gasteiger partial charge in [0.25, 0.3) is 5.91 Å². The third-order valence-corrected chi connectivity index (χ3v) is 7.61. The Balaban J connectivity index is 1.46. The molecule has 2 fully saturated rings. The fourth-order valence-electron chi connectivity index (χ4n) is 5.38. The predicted molar refractivity (Wildman–Crippen MR) is 132 cm³/mol. The molecule has 2 amide bonds. The molecule has 0 radical (unpaired) electrons. The topological polar surface area (TPSA) is 49.9 Å². The quantitative estimate of drug-likeness (QED) is 0.474. The Bertz CT molecular complexity index is 1190. The van der Waals surface area contributed by atoms with Gasteiger partial charge in [0.2, 0.25) is 0 Å². The molecule has 2 saturated heterocycles. The number of hydrogen-bond donors (Lipinski definition) is 0. The largest absolute Gasteiger partial charge is 0.440 e. The first-order valence-corrected chi connectivity index (χ1v) is 12.0. The van der Waals surface area contributed by atoms with Crippen molar-refractivity contribution in [2.24, 2.45) is 0 Å². The minimum absolute atomic E-state index is 0.0516. The van der Waals surface area contributed by atoms with Crippen LogP contribution in [-0.2, 0) is 16.8 Å². The highest BCUT2D eigenvalue weighted by Gasteiger charge is 2.63. The van der Waals surface area contributed by atoms with Gasteiger partial charge in [-0.25, -0.2) is 4.79 Å². The van der Waals surface area contributed by atoms with E-state index in [0.717, 1.165) is 11.1 Å². The maximum absolute atomic E-state index is 13.3. The average molecular weight is 475 g/mol. The summed E-state index contributed by atoms with van der Waals surface area (Å²) < 4.78 is 6.23. The number of piperidine rings is 1. The zero-order chi connectivity index (χ0) is 23.8. The van der Waals surface area contributed by atoms with Crippen molar-refractivity contribution < 1.29 is 14.3 Å². The van der Waals surface area contributed by atoms with Gasteiger partial charge in [0.05, 0.1) is 6.54 Å². The van der Waals surface area contributed by atoms with Crippen molar-refractivity contribution in [2.75, 3.05) is 13.1 Å². The van der Waals surface area contributed by atoms with Crippen molar-refractivity contribution in [1.29, 1.82) is 0 Å². The van der Waals surface area contributed by atoms with E-state index in [0.29, 0.717) is 43.1 Å². The Morgan fingerprint density at radius 3 is 2.24 bits per heavy atom. The molecular weight excluding hydrogens is 448 g/mol. The van der Waals surface area contributed by atoms with Crippen LogP contribution in [0.15, 0.2) is 84.9 Å². The lowest BCUT2D eigenvalue weighted by molar-refractivity contribution is -0.0551. The maximum Gasteiger partial charge on any atom is 0.411 e. The molecule has 0 bridgehead atoms. The SMILES string of the molecule is CC1(c2ccccc2)N(Cc2ccccc2)C(=O)OC12CCN(C(=O)c1cccc(Cl)c1)CC2. The van der Waals surface area contributed by atoms with E-state index in [1.807, 2.05) is 58.3 Å². The molecule has 5 rings (SSSR count). The van der Waals surface area contributed by atoms with Crippen LogP contribution in [0.25, 0.3) is 0 Å². The number of likely N-dealkylation sites (tertiary alicyclic amines) is 1. The Kier molecular flexibility index (Phi) is 5.82. The molecule has 3 aromatic rings. The molecule has 2 heterocycles. The van der Waals surface area contributed by atoms with Gasteiger partial charge >= 0.3 is 6.09 Å². The van der Waals surface area contributed by atoms with E-state index in [-0.39, 0.29) is 12.0 Å². The summed E-state index contributed by atoms with van der Waals surface area (Å²) in [7, 11) is 0. The summed E-state index contributed by atoms with van der Waals surface area (Å²) >= 11 is 6.10. The third kappa shape index (κ3) is 3.74. The number of nitrogens with zero attached hydrogens (tertiary/aromatic N) is 2. The number of benzene rings is 3. The van der Waals surface area contributed by atoms with Gasteiger partial charge in [-0.05, 0) is 36.2 Å². The minimum atomic E-state index is -0.731. The fourth-order valence-corrected chi connectivity index (χ4v) is 5.57. The van der Waals surface area contributed by atoms with Crippen LogP contribution in [0.4, 0.5) is 4.79 Å². The molecule has 5 nitrogen and oxygen atoms in total. The van der Waals surface area contributed by atoms with Gasteiger partial charge in [-0.1, -0.05) is 78.3 Å². The van der Waals surface area contributed by atoms with Crippen molar-refractivity contribution in [3.63, 3.8) is 0 Å². The molecular formula is C28H27ClN2O3. The monoisotopic (exact) mass is 474 g/mol. The van der Waals surface area contributed by atoms with Gasteiger partial charge in [0.1, 0.15) is 11.1 Å². The normalized spacial score (nSPS) is 21.5. The average Bonchev–Trinajstić information content (AvgIpc) is 3.07. The highest BCUT2D eigenvalue weighted by atomic mass is 35.5. The molecule has 0 saturated carbocycles. The summed E-state index contributed by atoms with van der Waals surface area (Å²) in [6, 6.07) is 27.1. The van der Waals surface area contributed by atoms with Gasteiger partial charge in [0, 0.05) is 36.5 Å². The number of ether oxygens (including phenoxy) is 1. The summed E-state index contributed by atoms with van der Waals surface area (Å²) in [6.45, 7) is 3.56. The highest BCUT2D eigenvalue weighted by molar-refractivity contribution is 6.30. The summed E-state index contributed by atoms with van der Waals surface area (Å²) in [5.74, 6) is -0.0516. The van der Waals surface area contributed by atoms with Gasteiger partial charge in [-0.15, -0.1) is 0 Å². The maximum atomic E-state index is 13.3. The second-order valence-corrected chi connectivity index (χ2v) is 9.61. The number of hydrogen-bond acceptors (Lipinski definition) is 3. The number of halogens is 1. The van der Waals surface area contributed by atoms with Gasteiger partial charge < -0.3 is 9.64 Å². The number of carbonyl (C=O) groups excluding carboxylic acids is 2. The molecule has 0 aliphatic carbocycles. The summed E-state index contributed by atoms with van der Waals surface area (Å²) in [6.07, 6.45) is 0.800. The van der Waals surface area contributed by atoms with Crippen molar-refractivity contribution in [2.45, 2.75) is 37.5 Å². The van der Waals surface area contributed by atoms with Crippen LogP contribution in [0.2, 0.25) is 5.02 Å². The molecule has 2 aliphatic rings. The molecule has 2 aliphatic heterocycles. The van der Waals surface area contributed by atoms with E-state index in [9.17, 15) is 9.59 Å². The summed E-state index contributed by atoms with van der Waals surface area (Å²) in [5.41, 5.74) is 1.25. The standard InChI is InChI=1S/C28H27ClN2O3/c1-27(23-12-6-3-7-13-23)28(34-26(33)31(27)20-21-9-4-2-5-10-21)15-17-30(18-16-28)25(32)22-11-8-14-24(29)19-22/h2-14,19H,15-18,20H2,1H3. The first kappa shape index (κ1) is 22.5. The van der Waals surface area contributed by atoms with Crippen LogP contribution in [0.3, 0.4) is 0 Å². The second-order valence-electron chi connectivity index (χ2n) is 9.17. The van der Waals surface area contributed by atoms with Crippen LogP contribution >= 0.6 is 11.6 Å². The Morgan fingerprint density at radius 2 is 1.59 bits per heavy atom. The minimum Gasteiger partial charge on any atom is -0.440 e. The molecule has 6 heteroatoms. The molecule has 0 N–H and O–H groups in total. The molecule has 174 valence electrons. The molecule has 1 unspecified atom stereocenters. The molecule has 0 aromatic heterocycles. The van der Waals surface area contributed by atoms with Crippen LogP contribution in [0.1, 0.15) is 41.3 Å². The highest BCUT2D eigenvalue weighted by Crippen LogP contribution is 2.52. The van der Waals surface area contributed by atoms with Crippen LogP contribution in [-0.4, -0.2) is 40.5 Å². The van der Waals surface area contributed by atoms with Crippen LogP contribution in [0, 0.1) is 0 Å². The van der Waals surface area contributed by atoms with E-state index in [1.54, 1.807) is 24.3 Å². The zero-order valence-electron chi connectivity index (χ0n) is 19.1. The third-order valence-electron chi connectivity index (χ3n) is 7.38. The second kappa shape index (κ2) is 8.80. The van der Waals surface area contributed by atoms with E-state index in [1.165, 1.54) is 0 Å². The first-order chi connectivity index (χ1) is 16.4. The van der Waals surface area contributed by atoms with E-state index in [2.05, 4.69) is 19.1 Å². The lowest BCUT2D eigenvalue weighted by Gasteiger charge is -2.48. The smallest absolute Gasteiger partial charge is 0.411 e. The molecule has 3 aromatic carbocycles. The van der Waals surface area contributed by atoms with Gasteiger partial charge in [-0.3, -0.25) is 9.69 Å². The number of amides is 2. The predicted octanol–water partition coefficient (Wildman–Crippen LogP) is 5.88. The summed E-state index contributed by atoms with van der Waals surface area (Å²) in [4.78, 5) is 30.1. The molecule has 1 spiro atoms. The van der Waals surface area contributed by atoms with Crippen molar-refractivity contribution in [3.8, 4) is 0 Å². The van der Waals surface area contributed by atoms with Crippen molar-refractivity contribution in [1.82, 2.24) is 9.80 Å². The van der Waals surface area contributed by atoms with E-state index in [4.69, 9.17) is 16.3 Å². The Morgan fingerprint density at radius 1 is 0.941 bits per heavy atom. The van der Waals surface area contributed by atoms with Crippen LogP contribution in [0.5, 0.6) is 0 Å². The lowest BCUT2D eigenvalue weighted by atomic mass is 9.70. The lowest BCUT2D eigenvalue weighted by Crippen LogP contribution is -2.58. The van der Waals surface area contributed by atoms with Crippen molar-refractivity contribution in [3.05, 3.63) is 107 Å². The fraction of sp³-hybridized carbons (Fsp3) is 0.286. The Hall–Kier alpha value is -3.31. The molecule has 1 atom stereocenters. The summed E-state index contributed by atoms with van der Waals surface area (Å²) in [5, 5.41) is 0.539. The Labute approximate surface area is 204 Å². The number of carbonyl (C=O) groups is 2. The van der Waals surface area contributed by atoms with E-state index < -0.39 is 11.1 Å². The van der Waals surface area contributed by atoms with E-state index >= 15 is 0 Å².